The second-order valence-corrected chi connectivity index (χ2v) is 5.06. The molecule has 88 valence electrons. The van der Waals surface area contributed by atoms with Crippen LogP contribution in [0.4, 0.5) is 11.4 Å². The number of nitrogens with zero attached hydrogens (tertiary/aromatic N) is 1. The Kier molecular flexibility index (Phi) is 3.55. The first kappa shape index (κ1) is 12.5. The van der Waals surface area contributed by atoms with Crippen LogP contribution >= 0.6 is 11.6 Å². The van der Waals surface area contributed by atoms with Crippen LogP contribution in [0.1, 0.15) is 0 Å². The van der Waals surface area contributed by atoms with Gasteiger partial charge in [-0.15, -0.1) is 11.6 Å². The van der Waals surface area contributed by atoms with Crippen molar-refractivity contribution in [2.24, 2.45) is 0 Å². The van der Waals surface area contributed by atoms with Gasteiger partial charge in [0.1, 0.15) is 11.0 Å². The molecule has 0 radical (unpaired) electrons. The Morgan fingerprint density at radius 1 is 1.50 bits per heavy atom. The molecule has 0 aromatic heterocycles. The summed E-state index contributed by atoms with van der Waals surface area (Å²) in [5.41, 5.74) is -1.04. The lowest BCUT2D eigenvalue weighted by Crippen LogP contribution is -2.14. The minimum Gasteiger partial charge on any atom is -0.505 e. The van der Waals surface area contributed by atoms with Crippen molar-refractivity contribution < 1.29 is 18.4 Å². The first-order valence-corrected chi connectivity index (χ1v) is 6.09. The molecule has 1 aromatic carbocycles. The minimum absolute atomic E-state index is 0.492. The number of hydrogen-bond donors (Lipinski definition) is 2. The molecule has 16 heavy (non-hydrogen) atoms. The standard InChI is InChI=1S/C7H7ClN2O5S/c8-4-16(14,15)9-7-5(10(12)13)2-1-3-6(7)11/h1-3,9,11H,4H2. The van der Waals surface area contributed by atoms with Gasteiger partial charge < -0.3 is 5.11 Å². The zero-order chi connectivity index (χ0) is 12.3. The van der Waals surface area contributed by atoms with Crippen LogP contribution in [0.15, 0.2) is 18.2 Å². The molecule has 0 spiro atoms. The quantitative estimate of drug-likeness (QED) is 0.369. The summed E-state index contributed by atoms with van der Waals surface area (Å²) in [6.07, 6.45) is 0. The Morgan fingerprint density at radius 3 is 2.62 bits per heavy atom. The van der Waals surface area contributed by atoms with Gasteiger partial charge in [0.05, 0.1) is 4.92 Å². The van der Waals surface area contributed by atoms with Crippen molar-refractivity contribution in [3.05, 3.63) is 28.3 Å². The molecule has 0 unspecified atom stereocenters. The number of hydrogen-bond acceptors (Lipinski definition) is 5. The summed E-state index contributed by atoms with van der Waals surface area (Å²) in [6.45, 7) is 0. The lowest BCUT2D eigenvalue weighted by atomic mass is 10.2. The van der Waals surface area contributed by atoms with E-state index in [0.29, 0.717) is 0 Å². The van der Waals surface area contributed by atoms with E-state index in [9.17, 15) is 23.6 Å². The van der Waals surface area contributed by atoms with Crippen molar-refractivity contribution in [2.45, 2.75) is 0 Å². The molecule has 0 atom stereocenters. The molecule has 0 saturated carbocycles. The van der Waals surface area contributed by atoms with Crippen LogP contribution in [-0.2, 0) is 10.0 Å². The number of nitro benzene ring substituents is 1. The maximum absolute atomic E-state index is 11.1. The van der Waals surface area contributed by atoms with E-state index in [0.717, 1.165) is 12.1 Å². The van der Waals surface area contributed by atoms with Crippen molar-refractivity contribution in [1.82, 2.24) is 0 Å². The van der Waals surface area contributed by atoms with Gasteiger partial charge in [0.15, 0.2) is 5.69 Å². The molecule has 0 bridgehead atoms. The van der Waals surface area contributed by atoms with Crippen LogP contribution in [0.3, 0.4) is 0 Å². The van der Waals surface area contributed by atoms with Crippen molar-refractivity contribution in [1.29, 1.82) is 0 Å². The highest BCUT2D eigenvalue weighted by Crippen LogP contribution is 2.33. The van der Waals surface area contributed by atoms with E-state index in [1.54, 1.807) is 0 Å². The number of phenols is 1. The number of phenolic OH excluding ortho intramolecular Hbond substituents is 1. The highest BCUT2D eigenvalue weighted by atomic mass is 35.5. The number of halogens is 1. The Balaban J connectivity index is 3.27. The van der Waals surface area contributed by atoms with E-state index in [1.807, 2.05) is 4.72 Å². The fourth-order valence-corrected chi connectivity index (χ4v) is 1.71. The molecule has 0 aliphatic carbocycles. The maximum Gasteiger partial charge on any atom is 0.297 e. The minimum atomic E-state index is -3.90. The number of anilines is 1. The van der Waals surface area contributed by atoms with Gasteiger partial charge in [0.25, 0.3) is 5.69 Å². The third-order valence-corrected chi connectivity index (χ3v) is 3.28. The fraction of sp³-hybridized carbons (Fsp3) is 0.143. The van der Waals surface area contributed by atoms with Crippen LogP contribution in [0.5, 0.6) is 5.75 Å². The van der Waals surface area contributed by atoms with Gasteiger partial charge in [-0.25, -0.2) is 8.42 Å². The SMILES string of the molecule is O=[N+]([O-])c1cccc(O)c1NS(=O)(=O)CCl. The second-order valence-electron chi connectivity index (χ2n) is 2.75. The molecule has 0 aliphatic heterocycles. The van der Waals surface area contributed by atoms with Crippen LogP contribution in [-0.4, -0.2) is 23.7 Å². The zero-order valence-corrected chi connectivity index (χ0v) is 9.33. The van der Waals surface area contributed by atoms with Crippen molar-refractivity contribution in [3.8, 4) is 5.75 Å². The van der Waals surface area contributed by atoms with E-state index in [4.69, 9.17) is 11.6 Å². The molecular formula is C7H7ClN2O5S. The van der Waals surface area contributed by atoms with Crippen LogP contribution < -0.4 is 4.72 Å². The summed E-state index contributed by atoms with van der Waals surface area (Å²) >= 11 is 5.13. The van der Waals surface area contributed by atoms with Crippen LogP contribution in [0, 0.1) is 10.1 Å². The number of sulfonamides is 1. The zero-order valence-electron chi connectivity index (χ0n) is 7.75. The number of alkyl halides is 1. The smallest absolute Gasteiger partial charge is 0.297 e. The van der Waals surface area contributed by atoms with Gasteiger partial charge >= 0.3 is 0 Å². The first-order chi connectivity index (χ1) is 7.37. The summed E-state index contributed by atoms with van der Waals surface area (Å²) in [4.78, 5) is 9.76. The lowest BCUT2D eigenvalue weighted by Gasteiger charge is -2.07. The summed E-state index contributed by atoms with van der Waals surface area (Å²) < 4.78 is 24.1. The predicted molar refractivity (Wildman–Crippen MR) is 58.0 cm³/mol. The number of benzene rings is 1. The Labute approximate surface area is 95.9 Å². The normalized spacial score (nSPS) is 11.1. The average Bonchev–Trinajstić information content (AvgIpc) is 2.20. The summed E-state index contributed by atoms with van der Waals surface area (Å²) in [6, 6.07) is 3.41. The summed E-state index contributed by atoms with van der Waals surface area (Å²) in [5.74, 6) is -0.539. The van der Waals surface area contributed by atoms with E-state index in [-0.39, 0.29) is 0 Å². The van der Waals surface area contributed by atoms with Gasteiger partial charge in [0.2, 0.25) is 10.0 Å². The number of para-hydroxylation sites is 1. The Hall–Kier alpha value is -1.54. The molecule has 2 N–H and O–H groups in total. The molecule has 1 rings (SSSR count). The molecule has 0 fully saturated rings. The number of rotatable bonds is 4. The predicted octanol–water partition coefficient (Wildman–Crippen LogP) is 1.24. The molecular weight excluding hydrogens is 260 g/mol. The highest BCUT2D eigenvalue weighted by Gasteiger charge is 2.21. The Morgan fingerprint density at radius 2 is 2.12 bits per heavy atom. The van der Waals surface area contributed by atoms with Crippen molar-refractivity contribution in [2.75, 3.05) is 9.93 Å². The van der Waals surface area contributed by atoms with Gasteiger partial charge in [-0.05, 0) is 6.07 Å². The summed E-state index contributed by atoms with van der Waals surface area (Å²) in [5, 5.41) is 19.1. The number of nitro groups is 1. The molecule has 0 amide bonds. The lowest BCUT2D eigenvalue weighted by molar-refractivity contribution is -0.383. The van der Waals surface area contributed by atoms with Crippen LogP contribution in [0.25, 0.3) is 0 Å². The van der Waals surface area contributed by atoms with Crippen molar-refractivity contribution >= 4 is 33.0 Å². The largest absolute Gasteiger partial charge is 0.505 e. The van der Waals surface area contributed by atoms with Gasteiger partial charge in [-0.3, -0.25) is 14.8 Å². The van der Waals surface area contributed by atoms with E-state index >= 15 is 0 Å². The van der Waals surface area contributed by atoms with Gasteiger partial charge in [-0.1, -0.05) is 6.07 Å². The van der Waals surface area contributed by atoms with E-state index in [2.05, 4.69) is 0 Å². The Bertz CT molecular complexity index is 516. The highest BCUT2D eigenvalue weighted by molar-refractivity contribution is 7.93. The molecule has 7 nitrogen and oxygen atoms in total. The molecule has 0 aliphatic rings. The molecule has 0 heterocycles. The maximum atomic E-state index is 11.1. The van der Waals surface area contributed by atoms with E-state index in [1.165, 1.54) is 6.07 Å². The van der Waals surface area contributed by atoms with E-state index < -0.39 is 37.3 Å². The third-order valence-electron chi connectivity index (χ3n) is 1.62. The van der Waals surface area contributed by atoms with Crippen molar-refractivity contribution in [3.63, 3.8) is 0 Å². The van der Waals surface area contributed by atoms with Gasteiger partial charge in [0, 0.05) is 6.07 Å². The summed E-state index contributed by atoms with van der Waals surface area (Å²) in [7, 11) is -3.90. The number of nitrogens with one attached hydrogen (secondary N) is 1. The topological polar surface area (TPSA) is 110 Å². The molecule has 1 aromatic rings. The second kappa shape index (κ2) is 4.54. The first-order valence-electron chi connectivity index (χ1n) is 3.90. The number of aromatic hydroxyl groups is 1. The third kappa shape index (κ3) is 2.74. The van der Waals surface area contributed by atoms with Crippen LogP contribution in [0.2, 0.25) is 0 Å². The monoisotopic (exact) mass is 266 g/mol. The average molecular weight is 267 g/mol. The molecule has 0 saturated heterocycles. The fourth-order valence-electron chi connectivity index (χ4n) is 0.968. The molecule has 9 heteroatoms. The van der Waals surface area contributed by atoms with Gasteiger partial charge in [-0.2, -0.15) is 0 Å².